The third kappa shape index (κ3) is 46.9. The van der Waals surface area contributed by atoms with Crippen LogP contribution in [0.15, 0.2) is 60.7 Å². The van der Waals surface area contributed by atoms with Crippen LogP contribution < -0.4 is 5.32 Å². The average Bonchev–Trinajstić information content (AvgIpc) is 0.754. The molecule has 0 radical (unpaired) electrons. The van der Waals surface area contributed by atoms with E-state index in [1.54, 1.807) is 125 Å². The molecule has 3 aliphatic heterocycles. The molecule has 5 rings (SSSR count). The van der Waals surface area contributed by atoms with Crippen molar-refractivity contribution in [3.8, 4) is 0 Å². The highest BCUT2D eigenvalue weighted by atomic mass is 16.8. The summed E-state index contributed by atoms with van der Waals surface area (Å²) in [7, 11) is 0. The van der Waals surface area contributed by atoms with Crippen molar-refractivity contribution in [3.05, 3.63) is 71.8 Å². The SMILES string of the molecule is CCCCCCCCCCCCCCCCCCCCCCCCCC(=O)N[C@@H](CO[C@H]1O[C@H](COC(=O)C(C)(C)C)[C@@H](O[C@@H]2O[C@H](COC(=O)C(C)(C)C)[C@H](OC(=O)C(C)(C)C)[C@H](O[C@H]3O[C@H](C)[C@H](OC(C)=O)[C@H](OC(C)=O)[C@H]3OC(C)=O)[C@H]2OC(=O)C(C)(C)C)[C@H](OC(=O)C(C)(C)C)[C@H]1OC(=O)C(C)(C)C)[C@H](OCc1ccccc1)[C@@H](CCCCCCCCCCCCCC)OCc1ccccc1. The molecule has 0 bridgehead atoms. The first kappa shape index (κ1) is 123. The van der Waals surface area contributed by atoms with Crippen LogP contribution in [0.4, 0.5) is 0 Å². The summed E-state index contributed by atoms with van der Waals surface area (Å²) in [5.41, 5.74) is -6.16. The Bertz CT molecular complexity index is 3890. The van der Waals surface area contributed by atoms with Crippen LogP contribution in [0.25, 0.3) is 0 Å². The van der Waals surface area contributed by atoms with Crippen molar-refractivity contribution < 1.29 is 128 Å². The normalized spacial score (nSPS) is 22.7. The van der Waals surface area contributed by atoms with Crippen molar-refractivity contribution in [3.63, 3.8) is 0 Å². The largest absolute Gasteiger partial charge is 0.462 e. The van der Waals surface area contributed by atoms with Crippen molar-refractivity contribution in [1.82, 2.24) is 5.32 Å². The molecule has 140 heavy (non-hydrogen) atoms. The number of rotatable bonds is 64. The zero-order valence-electron chi connectivity index (χ0n) is 90.4. The van der Waals surface area contributed by atoms with Crippen molar-refractivity contribution in [2.45, 2.75) is 527 Å². The fraction of sp³-hybridized carbons (Fsp3) is 0.804. The smallest absolute Gasteiger partial charge is 0.311 e. The monoisotopic (exact) mass is 1980 g/mol. The Kier molecular flexibility index (Phi) is 55.7. The van der Waals surface area contributed by atoms with E-state index in [2.05, 4.69) is 19.2 Å². The van der Waals surface area contributed by atoms with E-state index < -0.39 is 216 Å². The number of carbonyl (C=O) groups is 10. The van der Waals surface area contributed by atoms with E-state index >= 15 is 19.2 Å². The molecule has 3 saturated heterocycles. The first-order valence-electron chi connectivity index (χ1n) is 53.2. The van der Waals surface area contributed by atoms with E-state index in [0.717, 1.165) is 96.1 Å². The van der Waals surface area contributed by atoms with E-state index in [4.69, 9.17) is 80.5 Å². The van der Waals surface area contributed by atoms with Crippen molar-refractivity contribution in [1.29, 1.82) is 0 Å². The number of ether oxygens (including phenoxy) is 17. The molecule has 18 atom stereocenters. The minimum Gasteiger partial charge on any atom is -0.462 e. The van der Waals surface area contributed by atoms with Crippen molar-refractivity contribution in [2.75, 3.05) is 19.8 Å². The van der Waals surface area contributed by atoms with Crippen LogP contribution in [-0.2, 0) is 142 Å². The summed E-state index contributed by atoms with van der Waals surface area (Å²) >= 11 is 0. The van der Waals surface area contributed by atoms with Crippen LogP contribution in [0.1, 0.15) is 415 Å². The summed E-state index contributed by atoms with van der Waals surface area (Å²) in [5, 5.41) is 3.39. The molecule has 2 aromatic rings. The van der Waals surface area contributed by atoms with Crippen LogP contribution in [0.3, 0.4) is 0 Å². The molecule has 0 aromatic heterocycles. The number of esters is 9. The van der Waals surface area contributed by atoms with Gasteiger partial charge in [-0.15, -0.1) is 0 Å². The van der Waals surface area contributed by atoms with Gasteiger partial charge in [0.1, 0.15) is 43.7 Å². The van der Waals surface area contributed by atoms with Gasteiger partial charge in [-0.2, -0.15) is 0 Å². The van der Waals surface area contributed by atoms with Gasteiger partial charge in [0, 0.05) is 27.2 Å². The summed E-state index contributed by atoms with van der Waals surface area (Å²) in [6.45, 7) is 35.9. The third-order valence-electron chi connectivity index (χ3n) is 25.3. The second-order valence-corrected chi connectivity index (χ2v) is 45.2. The van der Waals surface area contributed by atoms with Gasteiger partial charge >= 0.3 is 53.7 Å². The Labute approximate surface area is 840 Å². The first-order chi connectivity index (χ1) is 66.0. The molecule has 2 aromatic carbocycles. The predicted molar refractivity (Wildman–Crippen MR) is 536 cm³/mol. The summed E-state index contributed by atoms with van der Waals surface area (Å²) in [5.74, 6) is -8.22. The van der Waals surface area contributed by atoms with Crippen LogP contribution in [-0.4, -0.2) is 190 Å². The van der Waals surface area contributed by atoms with E-state index in [0.29, 0.717) is 12.8 Å². The Hall–Kier alpha value is -7.18. The van der Waals surface area contributed by atoms with Gasteiger partial charge in [-0.3, -0.25) is 47.9 Å². The lowest BCUT2D eigenvalue weighted by atomic mass is 9.92. The topological polar surface area (TPSA) is 340 Å². The molecule has 0 unspecified atom stereocenters. The minimum absolute atomic E-state index is 0.0591. The number of hydrogen-bond donors (Lipinski definition) is 1. The molecular weight excluding hydrogens is 1790 g/mol. The number of nitrogens with one attached hydrogen (secondary N) is 1. The Morgan fingerprint density at radius 2 is 0.621 bits per heavy atom. The number of hydrogen-bond acceptors (Lipinski definition) is 27. The van der Waals surface area contributed by atoms with Gasteiger partial charge in [0.2, 0.25) is 5.91 Å². The maximum atomic E-state index is 15.5. The number of carbonyl (C=O) groups excluding carboxylic acids is 10. The second kappa shape index (κ2) is 63.3. The zero-order valence-corrected chi connectivity index (χ0v) is 90.4. The van der Waals surface area contributed by atoms with Crippen molar-refractivity contribution in [2.24, 2.45) is 32.5 Å². The van der Waals surface area contributed by atoms with Crippen LogP contribution in [0.2, 0.25) is 0 Å². The standard InChI is InChI=1S/C112H185NO27/c1-25-27-29-31-33-35-37-39-40-41-42-43-44-45-46-47-48-49-51-53-55-57-65-71-87(117)113-83(89(125-73-82-68-62-59-63-69-82)84(124-72-81-66-60-58-61-67-81)70-64-56-54-52-50-38-36-34-32-30-28-26-2)74-126-98-95(139-105(122)111(19,20)21)94(138-104(121)110(16,17)18)90(85(133-98)75-127-101(118)107(7,8)9)135-100-97(140-106(123)112(22,23)24)93(91(137-103(120)109(13,14)15)86(134-100)76-128-102(119)108(10,11)12)136-99-96(132-80(6)116)92(131-79(5)115)88(77(3)129-99)130-78(4)114/h58-63,66-69,77,83-86,88-100H,25-57,64-65,70-76H2,1-24H3,(H,113,117)/t77-,83+,84-,85-,86-,88+,89+,90-,91+,92+,93+,94+,95-,96-,97-,98+,99-,100+/m1/s1. The van der Waals surface area contributed by atoms with E-state index in [1.165, 1.54) is 161 Å². The van der Waals surface area contributed by atoms with Crippen LogP contribution in [0.5, 0.6) is 0 Å². The lowest BCUT2D eigenvalue weighted by Gasteiger charge is -2.51. The lowest BCUT2D eigenvalue weighted by Crippen LogP contribution is -2.69. The highest BCUT2D eigenvalue weighted by Crippen LogP contribution is 2.42. The number of unbranched alkanes of at least 4 members (excludes halogenated alkanes) is 33. The fourth-order valence-electron chi connectivity index (χ4n) is 16.8. The molecule has 1 amide bonds. The molecule has 3 heterocycles. The van der Waals surface area contributed by atoms with Crippen LogP contribution in [0, 0.1) is 32.5 Å². The molecular formula is C112H185NO27. The second-order valence-electron chi connectivity index (χ2n) is 45.2. The predicted octanol–water partition coefficient (Wildman–Crippen LogP) is 22.9. The molecule has 0 saturated carbocycles. The Balaban J connectivity index is 1.73. The van der Waals surface area contributed by atoms with Gasteiger partial charge in [-0.1, -0.05) is 293 Å². The highest BCUT2D eigenvalue weighted by Gasteiger charge is 2.62. The zero-order chi connectivity index (χ0) is 104. The minimum atomic E-state index is -2.18. The van der Waals surface area contributed by atoms with Gasteiger partial charge in [0.05, 0.1) is 70.6 Å². The Morgan fingerprint density at radius 3 is 1.01 bits per heavy atom. The van der Waals surface area contributed by atoms with Crippen LogP contribution >= 0.6 is 0 Å². The summed E-state index contributed by atoms with van der Waals surface area (Å²) in [6.07, 6.45) is 12.8. The van der Waals surface area contributed by atoms with Gasteiger partial charge in [0.25, 0.3) is 0 Å². The van der Waals surface area contributed by atoms with Gasteiger partial charge < -0.3 is 85.8 Å². The molecule has 800 valence electrons. The van der Waals surface area contributed by atoms with Gasteiger partial charge in [0.15, 0.2) is 61.6 Å². The van der Waals surface area contributed by atoms with E-state index in [-0.39, 0.29) is 25.5 Å². The molecule has 1 N–H and O–H groups in total. The maximum absolute atomic E-state index is 15.5. The lowest BCUT2D eigenvalue weighted by molar-refractivity contribution is -0.381. The first-order valence-corrected chi connectivity index (χ1v) is 53.2. The molecule has 28 nitrogen and oxygen atoms in total. The number of amides is 1. The van der Waals surface area contributed by atoms with E-state index in [1.807, 2.05) is 60.7 Å². The van der Waals surface area contributed by atoms with E-state index in [9.17, 15) is 28.8 Å². The molecule has 0 aliphatic carbocycles. The summed E-state index contributed by atoms with van der Waals surface area (Å²) in [4.78, 5) is 145. The quantitative estimate of drug-likeness (QED) is 0.0365. The van der Waals surface area contributed by atoms with Gasteiger partial charge in [-0.25, -0.2) is 0 Å². The summed E-state index contributed by atoms with van der Waals surface area (Å²) in [6, 6.07) is 18.3. The fourth-order valence-corrected chi connectivity index (χ4v) is 16.8. The average molecular weight is 1980 g/mol. The van der Waals surface area contributed by atoms with Gasteiger partial charge in [-0.05, 0) is 156 Å². The molecule has 3 aliphatic rings. The molecule has 28 heteroatoms. The molecule has 3 fully saturated rings. The third-order valence-corrected chi connectivity index (χ3v) is 25.3. The highest BCUT2D eigenvalue weighted by molar-refractivity contribution is 5.79. The van der Waals surface area contributed by atoms with Crippen molar-refractivity contribution >= 4 is 59.6 Å². The maximum Gasteiger partial charge on any atom is 0.311 e. The Morgan fingerprint density at radius 1 is 0.321 bits per heavy atom. The summed E-state index contributed by atoms with van der Waals surface area (Å²) < 4.78 is 114. The molecule has 0 spiro atoms. The number of benzene rings is 2.